The Morgan fingerprint density at radius 2 is 1.85 bits per heavy atom. The van der Waals surface area contributed by atoms with Gasteiger partial charge in [0.15, 0.2) is 0 Å². The highest BCUT2D eigenvalue weighted by Crippen LogP contribution is 2.27. The number of nitrogen functional groups attached to an aromatic ring is 1. The van der Waals surface area contributed by atoms with Gasteiger partial charge in [-0.1, -0.05) is 6.92 Å². The third-order valence-corrected chi connectivity index (χ3v) is 5.42. The van der Waals surface area contributed by atoms with Crippen molar-refractivity contribution in [1.82, 2.24) is 4.31 Å². The molecule has 20 heavy (non-hydrogen) atoms. The van der Waals surface area contributed by atoms with Crippen LogP contribution in [0.2, 0.25) is 0 Å². The summed E-state index contributed by atoms with van der Waals surface area (Å²) in [7, 11) is -3.56. The predicted octanol–water partition coefficient (Wildman–Crippen LogP) is 0.982. The molecule has 1 rings (SSSR count). The minimum atomic E-state index is -3.56. The Morgan fingerprint density at radius 1 is 1.30 bits per heavy atom. The van der Waals surface area contributed by atoms with Gasteiger partial charge in [0.1, 0.15) is 0 Å². The first-order chi connectivity index (χ1) is 9.38. The summed E-state index contributed by atoms with van der Waals surface area (Å²) in [5.41, 5.74) is 4.51. The van der Waals surface area contributed by atoms with Crippen LogP contribution in [0, 0.1) is 13.8 Å². The summed E-state index contributed by atoms with van der Waals surface area (Å²) in [6.45, 7) is 5.94. The van der Waals surface area contributed by atoms with Crippen LogP contribution in [0.3, 0.4) is 0 Å². The smallest absolute Gasteiger partial charge is 0.243 e. The van der Waals surface area contributed by atoms with Crippen LogP contribution in [0.15, 0.2) is 17.0 Å². The average molecular weight is 301 g/mol. The van der Waals surface area contributed by atoms with Crippen molar-refractivity contribution >= 4 is 15.7 Å². The molecule has 0 unspecified atom stereocenters. The molecule has 7 heteroatoms. The Hall–Kier alpha value is -1.15. The van der Waals surface area contributed by atoms with Crippen LogP contribution in [-0.2, 0) is 10.0 Å². The normalized spacial score (nSPS) is 11.9. The first-order valence-corrected chi connectivity index (χ1v) is 8.01. The summed E-state index contributed by atoms with van der Waals surface area (Å²) in [5, 5.41) is 8.88. The fourth-order valence-corrected chi connectivity index (χ4v) is 4.16. The third-order valence-electron chi connectivity index (χ3n) is 3.14. The summed E-state index contributed by atoms with van der Waals surface area (Å²) in [6, 6.07) is 3.42. The number of aliphatic hydroxyl groups is 1. The Morgan fingerprint density at radius 3 is 2.25 bits per heavy atom. The topological polar surface area (TPSA) is 95.7 Å². The number of nitrogens with two attached hydrogens (primary N) is 1. The molecule has 0 saturated carbocycles. The van der Waals surface area contributed by atoms with Crippen molar-refractivity contribution in [2.24, 2.45) is 5.84 Å². The highest BCUT2D eigenvalue weighted by molar-refractivity contribution is 7.89. The molecule has 0 spiro atoms. The van der Waals surface area contributed by atoms with E-state index in [2.05, 4.69) is 5.43 Å². The van der Waals surface area contributed by atoms with Gasteiger partial charge in [0.25, 0.3) is 0 Å². The number of anilines is 1. The van der Waals surface area contributed by atoms with E-state index in [4.69, 9.17) is 10.9 Å². The largest absolute Gasteiger partial charge is 0.396 e. The Balaban J connectivity index is 3.27. The number of sulfonamides is 1. The van der Waals surface area contributed by atoms with Crippen LogP contribution < -0.4 is 11.3 Å². The molecule has 0 bridgehead atoms. The summed E-state index contributed by atoms with van der Waals surface area (Å²) < 4.78 is 26.8. The molecule has 0 aliphatic carbocycles. The molecule has 0 saturated heterocycles. The number of rotatable bonds is 7. The maximum atomic E-state index is 12.7. The minimum absolute atomic E-state index is 0.0278. The zero-order valence-electron chi connectivity index (χ0n) is 12.2. The van der Waals surface area contributed by atoms with Gasteiger partial charge in [0.2, 0.25) is 10.0 Å². The highest BCUT2D eigenvalue weighted by Gasteiger charge is 2.26. The lowest BCUT2D eigenvalue weighted by molar-refractivity contribution is 0.271. The average Bonchev–Trinajstić information content (AvgIpc) is 2.37. The molecule has 6 nitrogen and oxygen atoms in total. The van der Waals surface area contributed by atoms with Crippen LogP contribution in [0.25, 0.3) is 0 Å². The van der Waals surface area contributed by atoms with E-state index in [1.54, 1.807) is 32.9 Å². The molecular formula is C13H23N3O3S. The number of benzene rings is 1. The maximum absolute atomic E-state index is 12.7. The Kier molecular flexibility index (Phi) is 5.94. The number of nitrogens with one attached hydrogen (secondary N) is 1. The molecular weight excluding hydrogens is 278 g/mol. The summed E-state index contributed by atoms with van der Waals surface area (Å²) in [4.78, 5) is 0.316. The molecule has 0 aliphatic rings. The molecule has 0 fully saturated rings. The van der Waals surface area contributed by atoms with Crippen molar-refractivity contribution in [3.8, 4) is 0 Å². The van der Waals surface area contributed by atoms with Crippen LogP contribution in [0.4, 0.5) is 5.69 Å². The third kappa shape index (κ3) is 3.49. The van der Waals surface area contributed by atoms with Crippen molar-refractivity contribution in [2.75, 3.05) is 25.1 Å². The monoisotopic (exact) mass is 301 g/mol. The second kappa shape index (κ2) is 7.03. The first kappa shape index (κ1) is 16.9. The van der Waals surface area contributed by atoms with Crippen molar-refractivity contribution in [2.45, 2.75) is 32.1 Å². The molecule has 0 radical (unpaired) electrons. The second-order valence-electron chi connectivity index (χ2n) is 4.66. The lowest BCUT2D eigenvalue weighted by atomic mass is 10.1. The number of hydrazine groups is 1. The van der Waals surface area contributed by atoms with Gasteiger partial charge in [0, 0.05) is 25.4 Å². The minimum Gasteiger partial charge on any atom is -0.396 e. The zero-order chi connectivity index (χ0) is 15.3. The van der Waals surface area contributed by atoms with Crippen molar-refractivity contribution < 1.29 is 13.5 Å². The molecule has 0 aromatic heterocycles. The molecule has 1 aromatic rings. The van der Waals surface area contributed by atoms with E-state index in [0.717, 1.165) is 0 Å². The number of aliphatic hydroxyl groups excluding tert-OH is 1. The summed E-state index contributed by atoms with van der Waals surface area (Å²) in [5.74, 6) is 5.36. The van der Waals surface area contributed by atoms with Crippen molar-refractivity contribution in [3.63, 3.8) is 0 Å². The van der Waals surface area contributed by atoms with Gasteiger partial charge in [-0.2, -0.15) is 4.31 Å². The second-order valence-corrected chi connectivity index (χ2v) is 6.53. The van der Waals surface area contributed by atoms with E-state index in [0.29, 0.717) is 41.2 Å². The van der Waals surface area contributed by atoms with Gasteiger partial charge in [-0.05, 0) is 43.5 Å². The summed E-state index contributed by atoms with van der Waals surface area (Å²) in [6.07, 6.45) is 0.424. The number of nitrogens with zero attached hydrogens (tertiary/aromatic N) is 1. The number of hydrogen-bond donors (Lipinski definition) is 3. The number of hydrogen-bond acceptors (Lipinski definition) is 5. The van der Waals surface area contributed by atoms with E-state index in [1.807, 2.05) is 0 Å². The lowest BCUT2D eigenvalue weighted by Gasteiger charge is -2.23. The zero-order valence-corrected chi connectivity index (χ0v) is 13.0. The quantitative estimate of drug-likeness (QED) is 0.515. The van der Waals surface area contributed by atoms with Crippen LogP contribution in [0.1, 0.15) is 24.5 Å². The molecule has 0 heterocycles. The van der Waals surface area contributed by atoms with Crippen molar-refractivity contribution in [1.29, 1.82) is 0 Å². The predicted molar refractivity (Wildman–Crippen MR) is 79.9 cm³/mol. The SMILES string of the molecule is CCN(CCCO)S(=O)(=O)c1c(C)cc(NN)cc1C. The van der Waals surface area contributed by atoms with E-state index < -0.39 is 10.0 Å². The van der Waals surface area contributed by atoms with E-state index in [1.165, 1.54) is 4.31 Å². The molecule has 0 amide bonds. The van der Waals surface area contributed by atoms with Crippen LogP contribution >= 0.6 is 0 Å². The lowest BCUT2D eigenvalue weighted by Crippen LogP contribution is -2.33. The fourth-order valence-electron chi connectivity index (χ4n) is 2.26. The Bertz CT molecular complexity index is 535. The fraction of sp³-hybridized carbons (Fsp3) is 0.538. The number of aryl methyl sites for hydroxylation is 2. The van der Waals surface area contributed by atoms with E-state index in [9.17, 15) is 8.42 Å². The maximum Gasteiger partial charge on any atom is 0.243 e. The first-order valence-electron chi connectivity index (χ1n) is 6.57. The Labute approximate surface area is 120 Å². The standard InChI is InChI=1S/C13H23N3O3S/c1-4-16(6-5-7-17)20(18,19)13-10(2)8-12(15-14)9-11(13)3/h8-9,15,17H,4-7,14H2,1-3H3. The molecule has 0 atom stereocenters. The van der Waals surface area contributed by atoms with Gasteiger partial charge < -0.3 is 10.5 Å². The summed E-state index contributed by atoms with van der Waals surface area (Å²) >= 11 is 0. The van der Waals surface area contributed by atoms with Crippen LogP contribution in [0.5, 0.6) is 0 Å². The molecule has 1 aromatic carbocycles. The van der Waals surface area contributed by atoms with Gasteiger partial charge in [0.05, 0.1) is 4.90 Å². The molecule has 0 aliphatic heterocycles. The van der Waals surface area contributed by atoms with E-state index in [-0.39, 0.29) is 6.61 Å². The van der Waals surface area contributed by atoms with Gasteiger partial charge in [-0.3, -0.25) is 5.84 Å². The van der Waals surface area contributed by atoms with Crippen LogP contribution in [-0.4, -0.2) is 37.5 Å². The van der Waals surface area contributed by atoms with E-state index >= 15 is 0 Å². The molecule has 4 N–H and O–H groups in total. The van der Waals surface area contributed by atoms with Gasteiger partial charge in [-0.25, -0.2) is 8.42 Å². The highest BCUT2D eigenvalue weighted by atomic mass is 32.2. The van der Waals surface area contributed by atoms with Gasteiger partial charge in [-0.15, -0.1) is 0 Å². The molecule has 114 valence electrons. The van der Waals surface area contributed by atoms with Crippen molar-refractivity contribution in [3.05, 3.63) is 23.3 Å². The van der Waals surface area contributed by atoms with Gasteiger partial charge >= 0.3 is 0 Å².